The number of nitrogens with one attached hydrogen (secondary N) is 2. The fourth-order valence-corrected chi connectivity index (χ4v) is 6.79. The van der Waals surface area contributed by atoms with Crippen molar-refractivity contribution in [3.8, 4) is 0 Å². The van der Waals surface area contributed by atoms with Gasteiger partial charge in [-0.1, -0.05) is 103 Å². The van der Waals surface area contributed by atoms with Gasteiger partial charge in [-0.15, -0.1) is 0 Å². The molecule has 14 nitrogen and oxygen atoms in total. The maximum absolute atomic E-state index is 11.3. The fraction of sp³-hybridized carbons (Fsp3) is 0.636. The summed E-state index contributed by atoms with van der Waals surface area (Å²) in [6, 6.07) is 12.8. The van der Waals surface area contributed by atoms with Gasteiger partial charge in [0.1, 0.15) is 0 Å². The summed E-state index contributed by atoms with van der Waals surface area (Å²) in [5.74, 6) is -2.51. The molecule has 0 aliphatic rings. The van der Waals surface area contributed by atoms with E-state index in [4.69, 9.17) is 23.9 Å². The van der Waals surface area contributed by atoms with E-state index in [1.807, 2.05) is 0 Å². The van der Waals surface area contributed by atoms with Gasteiger partial charge in [0.2, 0.25) is 20.0 Å². The van der Waals surface area contributed by atoms with E-state index in [0.717, 1.165) is 76.7 Å². The van der Waals surface area contributed by atoms with Gasteiger partial charge in [0.25, 0.3) is 0 Å². The van der Waals surface area contributed by atoms with Crippen molar-refractivity contribution in [2.24, 2.45) is 0 Å². The fourth-order valence-electron chi connectivity index (χ4n) is 5.66. The van der Waals surface area contributed by atoms with Crippen molar-refractivity contribution in [3.63, 3.8) is 0 Å². The number of nitrogens with zero attached hydrogens (tertiary/aromatic N) is 2. The Morgan fingerprint density at radius 1 is 0.600 bits per heavy atom. The van der Waals surface area contributed by atoms with E-state index < -0.39 is 70.9 Å². The van der Waals surface area contributed by atoms with Crippen LogP contribution in [-0.2, 0) is 29.6 Å². The van der Waals surface area contributed by atoms with Crippen LogP contribution in [0.4, 0.5) is 11.4 Å². The zero-order valence-electron chi connectivity index (χ0n) is 45.6. The standard InChI is InChI=1S/2C20H36N2O3S.C4H4O4/c2*1-4-6-7-8-9-16-22(5-2)17-10-11-20(23)18-12-14-19(15-13-18)21-26(3,24)25;5-3(6)1-2-4(7)8/h2*12-15,20-21,23H,4-11,16-17H2,1-3H3;1-2H,(H,5,6)(H,7,8)/b;;2-1+/i2*2D3,5D2;. The van der Waals surface area contributed by atoms with Crippen LogP contribution in [0.15, 0.2) is 60.7 Å². The highest BCUT2D eigenvalue weighted by atomic mass is 32.2. The molecule has 0 aliphatic heterocycles. The van der Waals surface area contributed by atoms with E-state index in [-0.39, 0.29) is 13.1 Å². The highest BCUT2D eigenvalue weighted by Crippen LogP contribution is 2.22. The molecule has 2 rings (SSSR count). The van der Waals surface area contributed by atoms with Crippen LogP contribution in [0.3, 0.4) is 0 Å². The summed E-state index contributed by atoms with van der Waals surface area (Å²) in [6.07, 6.45) is 13.0. The van der Waals surface area contributed by atoms with Gasteiger partial charge in [0.15, 0.2) is 0 Å². The molecule has 0 saturated heterocycles. The Labute approximate surface area is 375 Å². The number of rotatable bonds is 30. The first-order valence-corrected chi connectivity index (χ1v) is 24.1. The predicted molar refractivity (Wildman–Crippen MR) is 244 cm³/mol. The second-order valence-electron chi connectivity index (χ2n) is 14.3. The Hall–Kier alpha value is -3.54. The van der Waals surface area contributed by atoms with Gasteiger partial charge in [0.05, 0.1) is 24.7 Å². The molecule has 0 spiro atoms. The normalized spacial score (nSPS) is 16.0. The maximum Gasteiger partial charge on any atom is 0.328 e. The van der Waals surface area contributed by atoms with E-state index in [0.29, 0.717) is 73.4 Å². The van der Waals surface area contributed by atoms with Crippen LogP contribution in [-0.4, -0.2) is 111 Å². The number of aliphatic hydroxyl groups is 2. The summed E-state index contributed by atoms with van der Waals surface area (Å²) in [7, 11) is -6.75. The second kappa shape index (κ2) is 33.1. The van der Waals surface area contributed by atoms with E-state index in [2.05, 4.69) is 23.3 Å². The van der Waals surface area contributed by atoms with Crippen molar-refractivity contribution in [1.82, 2.24) is 9.80 Å². The zero-order chi connectivity index (χ0) is 54.0. The molecule has 2 aromatic rings. The lowest BCUT2D eigenvalue weighted by atomic mass is 10.0. The molecule has 0 bridgehead atoms. The smallest absolute Gasteiger partial charge is 0.328 e. The third-order valence-corrected chi connectivity index (χ3v) is 9.97. The molecular weight excluding hydrogens is 809 g/mol. The minimum absolute atomic E-state index is 0.226. The molecule has 6 N–H and O–H groups in total. The van der Waals surface area contributed by atoms with Gasteiger partial charge >= 0.3 is 11.9 Å². The number of hydrogen-bond donors (Lipinski definition) is 6. The summed E-state index contributed by atoms with van der Waals surface area (Å²) >= 11 is 0. The number of carbonyl (C=O) groups is 2. The first-order valence-electron chi connectivity index (χ1n) is 25.3. The van der Waals surface area contributed by atoms with Crippen LogP contribution >= 0.6 is 0 Å². The Morgan fingerprint density at radius 2 is 0.917 bits per heavy atom. The van der Waals surface area contributed by atoms with E-state index in [1.54, 1.807) is 48.5 Å². The monoisotopic (exact) mass is 895 g/mol. The summed E-state index contributed by atoms with van der Waals surface area (Å²) < 4.78 is 128. The maximum atomic E-state index is 11.3. The number of carboxylic acid groups (broad SMARTS) is 2. The second-order valence-corrected chi connectivity index (χ2v) is 17.8. The van der Waals surface area contributed by atoms with Gasteiger partial charge in [-0.05, 0) is 113 Å². The zero-order valence-corrected chi connectivity index (χ0v) is 37.2. The van der Waals surface area contributed by atoms with Crippen molar-refractivity contribution < 1.29 is 60.6 Å². The molecule has 0 aromatic heterocycles. The molecule has 60 heavy (non-hydrogen) atoms. The van der Waals surface area contributed by atoms with E-state index in [1.165, 1.54) is 9.80 Å². The molecule has 0 fully saturated rings. The lowest BCUT2D eigenvalue weighted by Gasteiger charge is -2.21. The summed E-state index contributed by atoms with van der Waals surface area (Å²) in [5.41, 5.74) is 2.03. The van der Waals surface area contributed by atoms with Crippen LogP contribution in [0.25, 0.3) is 0 Å². The number of carboxylic acids is 2. The lowest BCUT2D eigenvalue weighted by molar-refractivity contribution is -0.134. The number of hydrogen-bond acceptors (Lipinski definition) is 10. The lowest BCUT2D eigenvalue weighted by Crippen LogP contribution is -2.26. The number of unbranched alkanes of at least 4 members (excludes halogenated alkanes) is 8. The van der Waals surface area contributed by atoms with Crippen LogP contribution < -0.4 is 9.44 Å². The van der Waals surface area contributed by atoms with Crippen LogP contribution in [0.1, 0.15) is 154 Å². The highest BCUT2D eigenvalue weighted by Gasteiger charge is 2.12. The number of sulfonamides is 2. The Bertz CT molecular complexity index is 1920. The average Bonchev–Trinajstić information content (AvgIpc) is 3.23. The van der Waals surface area contributed by atoms with Gasteiger partial charge in [-0.3, -0.25) is 9.44 Å². The van der Waals surface area contributed by atoms with Crippen molar-refractivity contribution in [2.45, 2.75) is 130 Å². The van der Waals surface area contributed by atoms with Gasteiger partial charge < -0.3 is 30.2 Å². The average molecular weight is 895 g/mol. The quantitative estimate of drug-likeness (QED) is 0.0325. The van der Waals surface area contributed by atoms with E-state index >= 15 is 0 Å². The number of benzene rings is 2. The molecule has 0 radical (unpaired) electrons. The molecule has 2 aromatic carbocycles. The minimum Gasteiger partial charge on any atom is -0.478 e. The van der Waals surface area contributed by atoms with Crippen molar-refractivity contribution in [2.75, 3.05) is 61.1 Å². The van der Waals surface area contributed by atoms with Crippen LogP contribution in [0, 0.1) is 0 Å². The Kier molecular flexibility index (Phi) is 22.4. The summed E-state index contributed by atoms with van der Waals surface area (Å²) in [4.78, 5) is 21.9. The SMILES string of the molecule is O=C(O)/C=C/C(=O)O.[2H]C([2H])([2H])C([2H])([2H])N(CCCCCCC)CCCC(O)c1ccc(NS(C)(=O)=O)cc1.[2H]C([2H])([2H])C([2H])([2H])N(CCCCCCC)CCCC(O)c1ccc(NS(C)(=O)=O)cc1. The van der Waals surface area contributed by atoms with E-state index in [9.17, 15) is 36.6 Å². The van der Waals surface area contributed by atoms with Crippen molar-refractivity contribution in [3.05, 3.63) is 71.8 Å². The molecule has 0 aliphatic carbocycles. The topological polar surface area (TPSA) is 214 Å². The predicted octanol–water partition coefficient (Wildman–Crippen LogP) is 8.04. The third-order valence-electron chi connectivity index (χ3n) is 8.76. The number of anilines is 2. The summed E-state index contributed by atoms with van der Waals surface area (Å²) in [5, 5.41) is 36.5. The molecule has 0 heterocycles. The van der Waals surface area contributed by atoms with Crippen LogP contribution in [0.2, 0.25) is 0 Å². The first kappa shape index (κ1) is 40.5. The Morgan fingerprint density at radius 3 is 1.20 bits per heavy atom. The van der Waals surface area contributed by atoms with Gasteiger partial charge in [0, 0.05) is 37.2 Å². The van der Waals surface area contributed by atoms with Crippen molar-refractivity contribution >= 4 is 43.4 Å². The van der Waals surface area contributed by atoms with Crippen LogP contribution in [0.5, 0.6) is 0 Å². The molecule has 0 saturated carbocycles. The Balaban J connectivity index is 0.00000117. The third kappa shape index (κ3) is 32.3. The van der Waals surface area contributed by atoms with Gasteiger partial charge in [-0.2, -0.15) is 0 Å². The molecule has 2 unspecified atom stereocenters. The van der Waals surface area contributed by atoms with Gasteiger partial charge in [-0.25, -0.2) is 26.4 Å². The first-order chi connectivity index (χ1) is 32.2. The molecule has 344 valence electrons. The minimum atomic E-state index is -3.37. The largest absolute Gasteiger partial charge is 0.478 e. The highest BCUT2D eigenvalue weighted by molar-refractivity contribution is 7.92. The number of aliphatic carboxylic acids is 2. The summed E-state index contributed by atoms with van der Waals surface area (Å²) in [6.45, 7) is -4.97. The molecule has 16 heteroatoms. The molecular formula is C44H76N4O10S2. The molecule has 0 amide bonds. The van der Waals surface area contributed by atoms with Crippen molar-refractivity contribution in [1.29, 1.82) is 0 Å². The number of aliphatic hydroxyl groups excluding tert-OH is 2. The molecule has 2 atom stereocenters.